The van der Waals surface area contributed by atoms with E-state index in [0.717, 1.165) is 24.3 Å². The van der Waals surface area contributed by atoms with Crippen molar-refractivity contribution in [3.05, 3.63) is 24.3 Å². The van der Waals surface area contributed by atoms with Crippen LogP contribution in [0.1, 0.15) is 59.3 Å². The summed E-state index contributed by atoms with van der Waals surface area (Å²) in [5, 5.41) is 2.93. The highest BCUT2D eigenvalue weighted by Gasteiger charge is 2.03. The molecule has 0 aliphatic heterocycles. The molecule has 0 bridgehead atoms. The van der Waals surface area contributed by atoms with E-state index < -0.39 is 0 Å². The van der Waals surface area contributed by atoms with Crippen LogP contribution in [0.4, 0.5) is 5.69 Å². The normalized spacial score (nSPS) is 10.7. The lowest BCUT2D eigenvalue weighted by Gasteiger charge is -2.10. The average Bonchev–Trinajstić information content (AvgIpc) is 2.46. The summed E-state index contributed by atoms with van der Waals surface area (Å²) in [4.78, 5) is 11.8. The Morgan fingerprint density at radius 3 is 2.38 bits per heavy atom. The van der Waals surface area contributed by atoms with Gasteiger partial charge in [0.25, 0.3) is 0 Å². The quantitative estimate of drug-likeness (QED) is 0.615. The zero-order valence-corrected chi connectivity index (χ0v) is 13.7. The standard InChI is InChI=1S/C18H29NO2/c1-4-5-6-7-8-9-18(20)19-16-10-12-17(13-11-16)21-14-15(2)3/h10-13,15H,4-9,14H2,1-3H3,(H,19,20). The molecule has 1 aromatic carbocycles. The van der Waals surface area contributed by atoms with Crippen LogP contribution in [0, 0.1) is 5.92 Å². The number of hydrogen-bond donors (Lipinski definition) is 1. The van der Waals surface area contributed by atoms with E-state index in [1.54, 1.807) is 0 Å². The Morgan fingerprint density at radius 1 is 1.10 bits per heavy atom. The minimum atomic E-state index is 0.0994. The molecule has 1 aromatic rings. The van der Waals surface area contributed by atoms with Gasteiger partial charge in [0.2, 0.25) is 5.91 Å². The van der Waals surface area contributed by atoms with Crippen LogP contribution in [0.2, 0.25) is 0 Å². The van der Waals surface area contributed by atoms with Crippen LogP contribution in [-0.4, -0.2) is 12.5 Å². The van der Waals surface area contributed by atoms with Crippen LogP contribution in [0.3, 0.4) is 0 Å². The van der Waals surface area contributed by atoms with Gasteiger partial charge in [-0.3, -0.25) is 4.79 Å². The summed E-state index contributed by atoms with van der Waals surface area (Å²) < 4.78 is 5.62. The minimum absolute atomic E-state index is 0.0994. The summed E-state index contributed by atoms with van der Waals surface area (Å²) in [6, 6.07) is 7.59. The van der Waals surface area contributed by atoms with Crippen molar-refractivity contribution in [3.8, 4) is 5.75 Å². The van der Waals surface area contributed by atoms with Crippen LogP contribution in [0.5, 0.6) is 5.75 Å². The zero-order valence-electron chi connectivity index (χ0n) is 13.7. The number of rotatable bonds is 10. The zero-order chi connectivity index (χ0) is 15.5. The first-order chi connectivity index (χ1) is 10.1. The Balaban J connectivity index is 2.26. The van der Waals surface area contributed by atoms with E-state index >= 15 is 0 Å². The number of carbonyl (C=O) groups excluding carboxylic acids is 1. The fraction of sp³-hybridized carbons (Fsp3) is 0.611. The number of nitrogens with one attached hydrogen (secondary N) is 1. The molecule has 118 valence electrons. The average molecular weight is 291 g/mol. The number of hydrogen-bond acceptors (Lipinski definition) is 2. The van der Waals surface area contributed by atoms with Crippen LogP contribution in [0.25, 0.3) is 0 Å². The molecule has 1 N–H and O–H groups in total. The Hall–Kier alpha value is -1.51. The molecule has 0 fully saturated rings. The summed E-state index contributed by atoms with van der Waals surface area (Å²) in [5.74, 6) is 1.46. The number of anilines is 1. The van der Waals surface area contributed by atoms with Crippen LogP contribution < -0.4 is 10.1 Å². The number of ether oxygens (including phenoxy) is 1. The second kappa shape index (κ2) is 10.3. The molecule has 0 heterocycles. The maximum absolute atomic E-state index is 11.8. The minimum Gasteiger partial charge on any atom is -0.493 e. The van der Waals surface area contributed by atoms with Gasteiger partial charge < -0.3 is 10.1 Å². The summed E-state index contributed by atoms with van der Waals surface area (Å²) in [5.41, 5.74) is 0.838. The molecular formula is C18H29NO2. The Bertz CT molecular complexity index is 398. The van der Waals surface area contributed by atoms with E-state index in [1.807, 2.05) is 24.3 Å². The summed E-state index contributed by atoms with van der Waals surface area (Å²) >= 11 is 0. The van der Waals surface area contributed by atoms with Gasteiger partial charge in [0, 0.05) is 12.1 Å². The molecule has 21 heavy (non-hydrogen) atoms. The third-order valence-corrected chi connectivity index (χ3v) is 3.23. The Kier molecular flexibility index (Phi) is 8.56. The first-order valence-electron chi connectivity index (χ1n) is 8.14. The third-order valence-electron chi connectivity index (χ3n) is 3.23. The van der Waals surface area contributed by atoms with Crippen molar-refractivity contribution < 1.29 is 9.53 Å². The predicted octanol–water partition coefficient (Wildman–Crippen LogP) is 5.02. The molecular weight excluding hydrogens is 262 g/mol. The molecule has 1 rings (SSSR count). The van der Waals surface area contributed by atoms with Crippen molar-refractivity contribution >= 4 is 11.6 Å². The van der Waals surface area contributed by atoms with Gasteiger partial charge in [-0.05, 0) is 36.6 Å². The van der Waals surface area contributed by atoms with Crippen LogP contribution >= 0.6 is 0 Å². The van der Waals surface area contributed by atoms with Gasteiger partial charge in [-0.1, -0.05) is 46.5 Å². The molecule has 0 radical (unpaired) electrons. The van der Waals surface area contributed by atoms with Gasteiger partial charge in [-0.2, -0.15) is 0 Å². The van der Waals surface area contributed by atoms with Gasteiger partial charge in [0.1, 0.15) is 5.75 Å². The van der Waals surface area contributed by atoms with Crippen LogP contribution in [-0.2, 0) is 4.79 Å². The number of carbonyl (C=O) groups is 1. The first kappa shape index (κ1) is 17.5. The van der Waals surface area contributed by atoms with Gasteiger partial charge in [-0.25, -0.2) is 0 Å². The van der Waals surface area contributed by atoms with Crippen LogP contribution in [0.15, 0.2) is 24.3 Å². The molecule has 3 heteroatoms. The smallest absolute Gasteiger partial charge is 0.224 e. The van der Waals surface area contributed by atoms with Gasteiger partial charge in [0.15, 0.2) is 0 Å². The molecule has 0 saturated carbocycles. The monoisotopic (exact) mass is 291 g/mol. The van der Waals surface area contributed by atoms with Gasteiger partial charge in [0.05, 0.1) is 6.61 Å². The van der Waals surface area contributed by atoms with E-state index in [2.05, 4.69) is 26.1 Å². The van der Waals surface area contributed by atoms with Gasteiger partial charge >= 0.3 is 0 Å². The van der Waals surface area contributed by atoms with Crippen molar-refractivity contribution in [1.82, 2.24) is 0 Å². The number of amides is 1. The molecule has 0 unspecified atom stereocenters. The van der Waals surface area contributed by atoms with Crippen molar-refractivity contribution in [2.24, 2.45) is 5.92 Å². The SMILES string of the molecule is CCCCCCCC(=O)Nc1ccc(OCC(C)C)cc1. The first-order valence-corrected chi connectivity index (χ1v) is 8.14. The van der Waals surface area contributed by atoms with E-state index in [0.29, 0.717) is 18.9 Å². The highest BCUT2D eigenvalue weighted by Crippen LogP contribution is 2.17. The second-order valence-electron chi connectivity index (χ2n) is 5.94. The van der Waals surface area contributed by atoms with E-state index in [-0.39, 0.29) is 5.91 Å². The lowest BCUT2D eigenvalue weighted by Crippen LogP contribution is -2.11. The van der Waals surface area contributed by atoms with E-state index in [1.165, 1.54) is 19.3 Å². The van der Waals surface area contributed by atoms with Crippen molar-refractivity contribution in [2.45, 2.75) is 59.3 Å². The molecule has 0 atom stereocenters. The van der Waals surface area contributed by atoms with Crippen molar-refractivity contribution in [2.75, 3.05) is 11.9 Å². The predicted molar refractivity (Wildman–Crippen MR) is 88.8 cm³/mol. The van der Waals surface area contributed by atoms with Crippen molar-refractivity contribution in [3.63, 3.8) is 0 Å². The molecule has 0 aromatic heterocycles. The molecule has 0 aliphatic carbocycles. The summed E-state index contributed by atoms with van der Waals surface area (Å²) in [7, 11) is 0. The Labute approximate surface area is 129 Å². The van der Waals surface area contributed by atoms with E-state index in [4.69, 9.17) is 4.74 Å². The third kappa shape index (κ3) is 8.38. The topological polar surface area (TPSA) is 38.3 Å². The largest absolute Gasteiger partial charge is 0.493 e. The maximum Gasteiger partial charge on any atom is 0.224 e. The van der Waals surface area contributed by atoms with E-state index in [9.17, 15) is 4.79 Å². The molecule has 1 amide bonds. The number of unbranched alkanes of at least 4 members (excludes halogenated alkanes) is 4. The Morgan fingerprint density at radius 2 is 1.76 bits per heavy atom. The summed E-state index contributed by atoms with van der Waals surface area (Å²) in [6.07, 6.45) is 6.45. The highest BCUT2D eigenvalue weighted by atomic mass is 16.5. The molecule has 0 aliphatic rings. The lowest BCUT2D eigenvalue weighted by molar-refractivity contribution is -0.116. The fourth-order valence-electron chi connectivity index (χ4n) is 2.01. The molecule has 0 saturated heterocycles. The summed E-state index contributed by atoms with van der Waals surface area (Å²) in [6.45, 7) is 7.15. The lowest BCUT2D eigenvalue weighted by atomic mass is 10.1. The molecule has 0 spiro atoms. The fourth-order valence-corrected chi connectivity index (χ4v) is 2.01. The number of benzene rings is 1. The maximum atomic E-state index is 11.8. The van der Waals surface area contributed by atoms with Gasteiger partial charge in [-0.15, -0.1) is 0 Å². The second-order valence-corrected chi connectivity index (χ2v) is 5.94. The highest BCUT2D eigenvalue weighted by molar-refractivity contribution is 5.90. The molecule has 3 nitrogen and oxygen atoms in total. The van der Waals surface area contributed by atoms with Crippen molar-refractivity contribution in [1.29, 1.82) is 0 Å².